The van der Waals surface area contributed by atoms with E-state index in [1.54, 1.807) is 13.1 Å². The van der Waals surface area contributed by atoms with Crippen LogP contribution in [0.3, 0.4) is 0 Å². The van der Waals surface area contributed by atoms with Gasteiger partial charge in [0, 0.05) is 24.8 Å². The first kappa shape index (κ1) is 18.8. The Labute approximate surface area is 165 Å². The number of amides is 1. The maximum absolute atomic E-state index is 12.9. The Balaban J connectivity index is 1.57. The summed E-state index contributed by atoms with van der Waals surface area (Å²) < 4.78 is 5.28. The quantitative estimate of drug-likeness (QED) is 0.622. The lowest BCUT2D eigenvalue weighted by molar-refractivity contribution is -0.874. The van der Waals surface area contributed by atoms with Crippen molar-refractivity contribution in [2.45, 2.75) is 38.8 Å². The molecule has 0 radical (unpaired) electrons. The number of hydroxylamine groups is 3. The zero-order valence-electron chi connectivity index (χ0n) is 17.1. The minimum atomic E-state index is -0.520. The van der Waals surface area contributed by atoms with Gasteiger partial charge in [-0.25, -0.2) is 4.79 Å². The van der Waals surface area contributed by atoms with Crippen molar-refractivity contribution in [3.05, 3.63) is 58.3 Å². The van der Waals surface area contributed by atoms with Gasteiger partial charge in [-0.1, -0.05) is 6.07 Å². The number of carbonyl (C=O) groups is 1. The molecule has 6 heteroatoms. The van der Waals surface area contributed by atoms with E-state index in [-0.39, 0.29) is 16.2 Å². The van der Waals surface area contributed by atoms with Crippen LogP contribution in [0.4, 0.5) is 16.2 Å². The molecule has 3 atom stereocenters. The second-order valence-electron chi connectivity index (χ2n) is 8.62. The standard InChI is InChI=1S/C22H27N3O3/c1-14-10-15(2)12-16(11-14)23-21(26)28-17-6-7-19-18(13-17)22(3)8-9-25(5,27)20(22)24(19)4/h6-7,10-13,20H,8-9H2,1-5H3,(H,23,26)/t20-,22-,25?/m0/s1. The molecule has 0 aromatic heterocycles. The van der Waals surface area contributed by atoms with Gasteiger partial charge in [-0.3, -0.25) is 5.32 Å². The predicted octanol–water partition coefficient (Wildman–Crippen LogP) is 4.30. The van der Waals surface area contributed by atoms with Gasteiger partial charge in [-0.2, -0.15) is 0 Å². The normalized spacial score (nSPS) is 28.1. The molecule has 1 saturated heterocycles. The lowest BCUT2D eigenvalue weighted by Gasteiger charge is -2.44. The Hall–Kier alpha value is -2.57. The molecule has 1 fully saturated rings. The molecule has 2 aromatic rings. The zero-order valence-corrected chi connectivity index (χ0v) is 17.1. The van der Waals surface area contributed by atoms with Crippen molar-refractivity contribution < 1.29 is 14.2 Å². The van der Waals surface area contributed by atoms with E-state index in [1.807, 2.05) is 45.2 Å². The van der Waals surface area contributed by atoms with Gasteiger partial charge in [-0.05, 0) is 67.8 Å². The SMILES string of the molecule is Cc1cc(C)cc(NC(=O)Oc2ccc3c(c2)[C@]2(C)CC[N+](C)([O-])[C@@H]2N3C)c1. The fourth-order valence-corrected chi connectivity index (χ4v) is 5.15. The van der Waals surface area contributed by atoms with Crippen LogP contribution in [0.5, 0.6) is 5.75 Å². The van der Waals surface area contributed by atoms with E-state index in [0.29, 0.717) is 18.0 Å². The van der Waals surface area contributed by atoms with Crippen molar-refractivity contribution >= 4 is 17.5 Å². The minimum absolute atomic E-state index is 0.151. The van der Waals surface area contributed by atoms with Crippen LogP contribution in [0.1, 0.15) is 30.0 Å². The summed E-state index contributed by atoms with van der Waals surface area (Å²) in [5.41, 5.74) is 4.74. The van der Waals surface area contributed by atoms with Crippen molar-refractivity contribution in [2.75, 3.05) is 30.9 Å². The molecule has 0 aliphatic carbocycles. The van der Waals surface area contributed by atoms with Gasteiger partial charge in [0.15, 0.2) is 6.17 Å². The van der Waals surface area contributed by atoms with Crippen LogP contribution in [0, 0.1) is 19.1 Å². The van der Waals surface area contributed by atoms with Crippen LogP contribution in [0.25, 0.3) is 0 Å². The number of fused-ring (bicyclic) bond motifs is 3. The molecule has 1 unspecified atom stereocenters. The first-order valence-corrected chi connectivity index (χ1v) is 9.61. The first-order valence-electron chi connectivity index (χ1n) is 9.61. The third-order valence-electron chi connectivity index (χ3n) is 6.17. The fourth-order valence-electron chi connectivity index (χ4n) is 5.15. The van der Waals surface area contributed by atoms with Gasteiger partial charge in [-0.15, -0.1) is 0 Å². The average molecular weight is 381 g/mol. The van der Waals surface area contributed by atoms with Crippen LogP contribution in [0.2, 0.25) is 0 Å². The number of carbonyl (C=O) groups excluding carboxylic acids is 1. The van der Waals surface area contributed by atoms with Crippen molar-refractivity contribution in [2.24, 2.45) is 0 Å². The lowest BCUT2D eigenvalue weighted by atomic mass is 9.81. The highest BCUT2D eigenvalue weighted by Crippen LogP contribution is 2.54. The van der Waals surface area contributed by atoms with Gasteiger partial charge in [0.2, 0.25) is 0 Å². The fraction of sp³-hybridized carbons (Fsp3) is 0.409. The van der Waals surface area contributed by atoms with Crippen molar-refractivity contribution in [1.29, 1.82) is 0 Å². The second kappa shape index (κ2) is 6.22. The van der Waals surface area contributed by atoms with Crippen molar-refractivity contribution in [3.63, 3.8) is 0 Å². The number of rotatable bonds is 2. The van der Waals surface area contributed by atoms with E-state index in [4.69, 9.17) is 4.74 Å². The van der Waals surface area contributed by atoms with Crippen LogP contribution >= 0.6 is 0 Å². The number of anilines is 2. The number of hydrogen-bond acceptors (Lipinski definition) is 4. The Morgan fingerprint density at radius 2 is 1.93 bits per heavy atom. The monoisotopic (exact) mass is 381 g/mol. The first-order chi connectivity index (χ1) is 13.1. The van der Waals surface area contributed by atoms with Crippen molar-refractivity contribution in [3.8, 4) is 5.75 Å². The highest BCUT2D eigenvalue weighted by Gasteiger charge is 2.58. The maximum atomic E-state index is 12.9. The summed E-state index contributed by atoms with van der Waals surface area (Å²) in [6, 6.07) is 11.5. The molecule has 1 amide bonds. The lowest BCUT2D eigenvalue weighted by Crippen LogP contribution is -2.54. The summed E-state index contributed by atoms with van der Waals surface area (Å²) in [6.45, 7) is 6.70. The molecule has 6 nitrogen and oxygen atoms in total. The summed E-state index contributed by atoms with van der Waals surface area (Å²) >= 11 is 0. The van der Waals surface area contributed by atoms with E-state index < -0.39 is 6.09 Å². The molecule has 148 valence electrons. The van der Waals surface area contributed by atoms with E-state index >= 15 is 0 Å². The highest BCUT2D eigenvalue weighted by molar-refractivity contribution is 5.86. The number of benzene rings is 2. The van der Waals surface area contributed by atoms with Crippen LogP contribution in [0.15, 0.2) is 36.4 Å². The Morgan fingerprint density at radius 3 is 2.61 bits per heavy atom. The molecule has 2 heterocycles. The predicted molar refractivity (Wildman–Crippen MR) is 111 cm³/mol. The number of hydrogen-bond donors (Lipinski definition) is 1. The molecule has 0 bridgehead atoms. The van der Waals surface area contributed by atoms with Crippen LogP contribution in [-0.4, -0.2) is 37.5 Å². The van der Waals surface area contributed by atoms with E-state index in [9.17, 15) is 10.0 Å². The zero-order chi connectivity index (χ0) is 20.3. The molecular weight excluding hydrogens is 354 g/mol. The number of nitrogens with one attached hydrogen (secondary N) is 1. The van der Waals surface area contributed by atoms with Gasteiger partial charge in [0.1, 0.15) is 5.75 Å². The Kier molecular flexibility index (Phi) is 4.17. The van der Waals surface area contributed by atoms with Crippen molar-refractivity contribution in [1.82, 2.24) is 0 Å². The summed E-state index contributed by atoms with van der Waals surface area (Å²) in [5, 5.41) is 15.7. The van der Waals surface area contributed by atoms with Crippen LogP contribution in [-0.2, 0) is 5.41 Å². The summed E-state index contributed by atoms with van der Waals surface area (Å²) in [7, 11) is 3.72. The summed E-state index contributed by atoms with van der Waals surface area (Å²) in [6.07, 6.45) is 0.142. The Bertz CT molecular complexity index is 936. The molecule has 28 heavy (non-hydrogen) atoms. The number of likely N-dealkylation sites (N-methyl/N-ethyl adjacent to an activating group) is 2. The largest absolute Gasteiger partial charge is 0.631 e. The smallest absolute Gasteiger partial charge is 0.417 e. The van der Waals surface area contributed by atoms with E-state index in [2.05, 4.69) is 23.2 Å². The van der Waals surface area contributed by atoms with Gasteiger partial charge in [0.05, 0.1) is 19.0 Å². The maximum Gasteiger partial charge on any atom is 0.417 e. The number of likely N-dealkylation sites (tertiary alicyclic amines) is 1. The third-order valence-corrected chi connectivity index (χ3v) is 6.17. The average Bonchev–Trinajstić information content (AvgIpc) is 2.96. The summed E-state index contributed by atoms with van der Waals surface area (Å²) in [4.78, 5) is 14.5. The van der Waals surface area contributed by atoms with Gasteiger partial charge in [0.25, 0.3) is 0 Å². The topological polar surface area (TPSA) is 64.6 Å². The van der Waals surface area contributed by atoms with E-state index in [1.165, 1.54) is 0 Å². The molecule has 1 N–H and O–H groups in total. The minimum Gasteiger partial charge on any atom is -0.631 e. The third kappa shape index (κ3) is 2.93. The molecule has 2 aliphatic rings. The number of ether oxygens (including phenoxy) is 1. The molecule has 0 saturated carbocycles. The highest BCUT2D eigenvalue weighted by atomic mass is 16.6. The molecule has 2 aromatic carbocycles. The van der Waals surface area contributed by atoms with Gasteiger partial charge >= 0.3 is 6.09 Å². The number of nitrogens with zero attached hydrogens (tertiary/aromatic N) is 2. The molecule has 0 spiro atoms. The molecular formula is C22H27N3O3. The summed E-state index contributed by atoms with van der Waals surface area (Å²) in [5.74, 6) is 0.489. The Morgan fingerprint density at radius 1 is 1.25 bits per heavy atom. The van der Waals surface area contributed by atoms with E-state index in [0.717, 1.165) is 28.8 Å². The van der Waals surface area contributed by atoms with Gasteiger partial charge < -0.3 is 19.5 Å². The van der Waals surface area contributed by atoms with Crippen LogP contribution < -0.4 is 15.0 Å². The number of quaternary nitrogens is 1. The second-order valence-corrected chi connectivity index (χ2v) is 8.62. The molecule has 4 rings (SSSR count). The molecule has 2 aliphatic heterocycles. The number of aryl methyl sites for hydroxylation is 2.